The predicted molar refractivity (Wildman–Crippen MR) is 383 cm³/mol. The molecule has 0 spiro atoms. The quantitative estimate of drug-likeness (QED) is 0.0754. The predicted octanol–water partition coefficient (Wildman–Crippen LogP) is 18.1. The summed E-state index contributed by atoms with van der Waals surface area (Å²) >= 11 is 12.0. The van der Waals surface area contributed by atoms with Crippen molar-refractivity contribution in [3.8, 4) is 33.4 Å². The molecular formula is C74H61Cl2F7N12O6. The van der Waals surface area contributed by atoms with Crippen molar-refractivity contribution in [2.45, 2.75) is 53.9 Å². The third-order valence-electron chi connectivity index (χ3n) is 16.2. The van der Waals surface area contributed by atoms with Crippen molar-refractivity contribution in [3.63, 3.8) is 0 Å². The first-order valence-corrected chi connectivity index (χ1v) is 31.4. The van der Waals surface area contributed by atoms with E-state index in [2.05, 4.69) is 46.9 Å². The van der Waals surface area contributed by atoms with Gasteiger partial charge in [0.15, 0.2) is 0 Å². The number of anilines is 6. The summed E-state index contributed by atoms with van der Waals surface area (Å²) in [5.41, 5.74) is 9.16. The number of carbonyl (C=O) groups is 3. The van der Waals surface area contributed by atoms with Crippen LogP contribution in [0.4, 0.5) is 79.2 Å². The maximum Gasteiger partial charge on any atom is 0.416 e. The lowest BCUT2D eigenvalue weighted by Gasteiger charge is -2.14. The maximum atomic E-state index is 13.6. The number of aryl methyl sites for hydroxylation is 9. The van der Waals surface area contributed by atoms with Crippen LogP contribution < -0.4 is 48.6 Å². The molecule has 0 bridgehead atoms. The highest BCUT2D eigenvalue weighted by Gasteiger charge is 2.32. The van der Waals surface area contributed by atoms with Crippen molar-refractivity contribution >= 4 is 108 Å². The average Bonchev–Trinajstić information content (AvgIpc) is 0.782. The van der Waals surface area contributed by atoms with Gasteiger partial charge in [-0.3, -0.25) is 29.3 Å². The summed E-state index contributed by atoms with van der Waals surface area (Å²) in [6.07, 6.45) is -4.14. The number of rotatable bonds is 9. The molecule has 0 radical (unpaired) electrons. The van der Waals surface area contributed by atoms with Gasteiger partial charge in [-0.25, -0.2) is 18.8 Å². The molecule has 0 saturated heterocycles. The summed E-state index contributed by atoms with van der Waals surface area (Å²) in [5, 5.41) is 18.4. The first-order valence-electron chi connectivity index (χ1n) is 30.6. The molecule has 6 aromatic heterocycles. The second kappa shape index (κ2) is 29.4. The van der Waals surface area contributed by atoms with Crippen molar-refractivity contribution < 1.29 is 45.1 Å². The van der Waals surface area contributed by atoms with Crippen LogP contribution in [0.5, 0.6) is 0 Å². The number of alkyl halides is 6. The third kappa shape index (κ3) is 16.9. The number of urea groups is 3. The van der Waals surface area contributed by atoms with Gasteiger partial charge >= 0.3 is 30.4 Å². The third-order valence-corrected chi connectivity index (χ3v) is 16.7. The van der Waals surface area contributed by atoms with Crippen LogP contribution in [-0.4, -0.2) is 46.7 Å². The number of nitrogens with zero attached hydrogens (tertiary/aromatic N) is 6. The molecule has 101 heavy (non-hydrogen) atoms. The van der Waals surface area contributed by atoms with Crippen molar-refractivity contribution in [1.82, 2.24) is 28.7 Å². The number of halogens is 9. The molecule has 0 atom stereocenters. The number of pyridine rings is 6. The molecule has 6 heterocycles. The zero-order valence-corrected chi connectivity index (χ0v) is 56.7. The van der Waals surface area contributed by atoms with Crippen LogP contribution in [0.1, 0.15) is 44.9 Å². The van der Waals surface area contributed by atoms with E-state index in [0.29, 0.717) is 72.7 Å². The molecule has 6 N–H and O–H groups in total. The van der Waals surface area contributed by atoms with Gasteiger partial charge in [0.2, 0.25) is 0 Å². The molecule has 6 aromatic carbocycles. The van der Waals surface area contributed by atoms with Crippen LogP contribution in [0, 0.1) is 47.4 Å². The van der Waals surface area contributed by atoms with Gasteiger partial charge in [0.1, 0.15) is 5.82 Å². The van der Waals surface area contributed by atoms with Gasteiger partial charge in [-0.1, -0.05) is 47.5 Å². The van der Waals surface area contributed by atoms with E-state index in [1.165, 1.54) is 16.7 Å². The molecule has 0 aliphatic rings. The number of aromatic nitrogens is 6. The first kappa shape index (κ1) is 72.1. The second-order valence-electron chi connectivity index (χ2n) is 23.7. The maximum absolute atomic E-state index is 13.6. The Labute approximate surface area is 581 Å². The van der Waals surface area contributed by atoms with Crippen LogP contribution in [0.2, 0.25) is 10.0 Å². The molecule has 0 aliphatic heterocycles. The number of hydrogen-bond donors (Lipinski definition) is 6. The van der Waals surface area contributed by atoms with E-state index in [9.17, 15) is 59.5 Å². The fourth-order valence-electron chi connectivity index (χ4n) is 11.0. The number of amides is 6. The number of hydrogen-bond acceptors (Lipinski definition) is 9. The van der Waals surface area contributed by atoms with Gasteiger partial charge in [-0.15, -0.1) is 0 Å². The van der Waals surface area contributed by atoms with E-state index in [-0.39, 0.29) is 28.1 Å². The van der Waals surface area contributed by atoms with Gasteiger partial charge in [0.05, 0.1) is 38.4 Å². The van der Waals surface area contributed by atoms with Crippen molar-refractivity contribution in [1.29, 1.82) is 0 Å². The van der Waals surface area contributed by atoms with Gasteiger partial charge in [-0.05, 0) is 202 Å². The van der Waals surface area contributed by atoms with Crippen LogP contribution in [0.3, 0.4) is 0 Å². The smallest absolute Gasteiger partial charge is 0.311 e. The summed E-state index contributed by atoms with van der Waals surface area (Å²) in [5.74, 6) is -1.13. The summed E-state index contributed by atoms with van der Waals surface area (Å²) < 4.78 is 95.8. The van der Waals surface area contributed by atoms with E-state index in [1.807, 2.05) is 71.9 Å². The Bertz CT molecular complexity index is 5510. The van der Waals surface area contributed by atoms with Gasteiger partial charge in [-0.2, -0.15) is 26.3 Å². The Morgan fingerprint density at radius 1 is 0.386 bits per heavy atom. The molecule has 6 amide bonds. The molecule has 0 saturated carbocycles. The molecule has 516 valence electrons. The molecule has 0 unspecified atom stereocenters. The Kier molecular flexibility index (Phi) is 21.0. The van der Waals surface area contributed by atoms with Crippen molar-refractivity contribution in [2.75, 3.05) is 31.9 Å². The highest BCUT2D eigenvalue weighted by Crippen LogP contribution is 2.35. The zero-order valence-electron chi connectivity index (χ0n) is 55.2. The fraction of sp³-hybridized carbons (Fsp3) is 0.149. The number of carbonyl (C=O) groups excluding carboxylic acids is 3. The minimum Gasteiger partial charge on any atom is -0.311 e. The molecule has 12 rings (SSSR count). The van der Waals surface area contributed by atoms with E-state index >= 15 is 0 Å². The number of nitrogens with one attached hydrogen (secondary N) is 6. The SMILES string of the molecule is Cc1cc2c(cn1)cc(-c1cc(NC(=O)Nc3cc(F)cc(C(F)(F)F)c3)ccc1C)c(=O)n2C.Cc1cc2c(cn1)cc(-c1cc(NC(=O)Nc3ccc(Cl)cc3Cl)ccc1C)c(=O)n2C.Cc1cc2c(cn1)cc(-c1cc(NC(=O)Nc3cccc(C(F)(F)F)c3)ccc1C)c(=O)n2C. The van der Waals surface area contributed by atoms with E-state index in [0.717, 1.165) is 90.2 Å². The van der Waals surface area contributed by atoms with Crippen LogP contribution >= 0.6 is 23.2 Å². The lowest BCUT2D eigenvalue weighted by Crippen LogP contribution is -2.21. The Morgan fingerprint density at radius 3 is 1.12 bits per heavy atom. The normalized spacial score (nSPS) is 11.3. The van der Waals surface area contributed by atoms with Gasteiger partial charge < -0.3 is 45.6 Å². The standard InChI is InChI=1S/C25H20F4N4O2.C25H21F3N4O2.C24H20Cl2N4O2/c1-13-4-5-18(31-24(35)32-19-9-16(25(27,28)29)8-17(26)10-19)11-20(13)21-7-15-12-30-14(2)6-22(15)33(3)23(21)34;1-14-7-8-19(31-24(34)30-18-6-4-5-17(11-18)25(26,27)28)12-20(14)21-10-16-13-29-15(2)9-22(16)32(3)23(21)33;1-13-4-6-17(28-24(32)29-21-7-5-16(25)10-20(21)26)11-18(13)19-9-15-12-27-14(2)8-22(15)30(3)23(19)31/h4-12H,1-3H3,(H2,31,32,35);4-13H,1-3H3,(H2,30,31,34);4-12H,1-3H3,(H2,28,29,32). The summed E-state index contributed by atoms with van der Waals surface area (Å²) in [4.78, 5) is 89.5. The van der Waals surface area contributed by atoms with Crippen molar-refractivity contribution in [2.24, 2.45) is 21.1 Å². The summed E-state index contributed by atoms with van der Waals surface area (Å²) in [6.45, 7) is 11.1. The summed E-state index contributed by atoms with van der Waals surface area (Å²) in [7, 11) is 5.09. The zero-order chi connectivity index (χ0) is 73.1. The second-order valence-corrected chi connectivity index (χ2v) is 24.5. The van der Waals surface area contributed by atoms with Crippen LogP contribution in [-0.2, 0) is 33.5 Å². The number of fused-ring (bicyclic) bond motifs is 3. The Hall–Kier alpha value is -11.7. The molecule has 0 aliphatic carbocycles. The fourth-order valence-corrected chi connectivity index (χ4v) is 11.5. The monoisotopic (exact) mass is 1420 g/mol. The average molecular weight is 1420 g/mol. The highest BCUT2D eigenvalue weighted by atomic mass is 35.5. The molecule has 27 heteroatoms. The first-order chi connectivity index (χ1) is 47.7. The number of benzene rings is 6. The topological polar surface area (TPSA) is 228 Å². The summed E-state index contributed by atoms with van der Waals surface area (Å²) in [6, 6.07) is 35.1. The van der Waals surface area contributed by atoms with Gasteiger partial charge in [0, 0.05) is 123 Å². The molecule has 18 nitrogen and oxygen atoms in total. The van der Waals surface area contributed by atoms with E-state index in [4.69, 9.17) is 23.2 Å². The Balaban J connectivity index is 0.000000164. The molecule has 0 fully saturated rings. The minimum atomic E-state index is -4.76. The van der Waals surface area contributed by atoms with Crippen molar-refractivity contribution in [3.05, 3.63) is 262 Å². The highest BCUT2D eigenvalue weighted by molar-refractivity contribution is 6.36. The lowest BCUT2D eigenvalue weighted by molar-refractivity contribution is -0.138. The molecular weight excluding hydrogens is 1360 g/mol. The van der Waals surface area contributed by atoms with Crippen LogP contribution in [0.15, 0.2) is 185 Å². The van der Waals surface area contributed by atoms with Crippen LogP contribution in [0.25, 0.3) is 66.1 Å². The van der Waals surface area contributed by atoms with E-state index < -0.39 is 47.4 Å². The van der Waals surface area contributed by atoms with Gasteiger partial charge in [0.25, 0.3) is 16.7 Å². The molecule has 12 aromatic rings. The largest absolute Gasteiger partial charge is 0.416 e. The lowest BCUT2D eigenvalue weighted by atomic mass is 9.99. The Morgan fingerprint density at radius 2 is 0.743 bits per heavy atom. The minimum absolute atomic E-state index is 0.00542. The van der Waals surface area contributed by atoms with E-state index in [1.54, 1.807) is 128 Å².